The number of aryl methyl sites for hydroxylation is 1. The van der Waals surface area contributed by atoms with Crippen molar-refractivity contribution in [3.8, 4) is 0 Å². The Labute approximate surface area is 223 Å². The summed E-state index contributed by atoms with van der Waals surface area (Å²) < 4.78 is 5.35. The Morgan fingerprint density at radius 2 is 1.83 bits per heavy atom. The number of hydrogen-bond donors (Lipinski definition) is 2. The van der Waals surface area contributed by atoms with E-state index in [-0.39, 0.29) is 28.4 Å². The quantitative estimate of drug-likeness (QED) is 0.206. The molecular formula is C28H38N2O4S2. The first-order valence-corrected chi connectivity index (χ1v) is 14.5. The number of thiophene rings is 1. The lowest BCUT2D eigenvalue weighted by Crippen LogP contribution is -2.25. The van der Waals surface area contributed by atoms with E-state index in [0.29, 0.717) is 30.0 Å². The molecule has 196 valence electrons. The molecule has 3 rings (SSSR count). The summed E-state index contributed by atoms with van der Waals surface area (Å²) in [6, 6.07) is 7.58. The van der Waals surface area contributed by atoms with Gasteiger partial charge in [0.15, 0.2) is 0 Å². The first-order valence-electron chi connectivity index (χ1n) is 12.8. The van der Waals surface area contributed by atoms with Crippen molar-refractivity contribution < 1.29 is 19.1 Å². The zero-order chi connectivity index (χ0) is 26.3. The van der Waals surface area contributed by atoms with Gasteiger partial charge in [-0.25, -0.2) is 4.79 Å². The standard InChI is InChI=1S/C28H38N2O4S2/c1-6-21(35-19-13-11-12-18(16-19)29-23(31)17-28(3,4)5)25(32)30-26-24(27(33)34-7-2)20-14-9-8-10-15-22(20)36-26/h11-13,16,21H,6-10,14-15,17H2,1-5H3,(H,29,31)(H,30,32). The number of ether oxygens (including phenoxy) is 1. The highest BCUT2D eigenvalue weighted by atomic mass is 32.2. The van der Waals surface area contributed by atoms with Crippen molar-refractivity contribution in [3.63, 3.8) is 0 Å². The lowest BCUT2D eigenvalue weighted by molar-refractivity contribution is -0.118. The van der Waals surface area contributed by atoms with Crippen LogP contribution in [0.1, 0.15) is 87.5 Å². The number of amides is 2. The lowest BCUT2D eigenvalue weighted by atomic mass is 9.92. The number of anilines is 2. The molecule has 1 atom stereocenters. The molecule has 1 heterocycles. The lowest BCUT2D eigenvalue weighted by Gasteiger charge is -2.18. The summed E-state index contributed by atoms with van der Waals surface area (Å²) in [7, 11) is 0. The van der Waals surface area contributed by atoms with E-state index >= 15 is 0 Å². The van der Waals surface area contributed by atoms with Gasteiger partial charge in [-0.3, -0.25) is 9.59 Å². The summed E-state index contributed by atoms with van der Waals surface area (Å²) in [6.07, 6.45) is 6.11. The maximum Gasteiger partial charge on any atom is 0.341 e. The predicted molar refractivity (Wildman–Crippen MR) is 149 cm³/mol. The molecule has 1 aromatic carbocycles. The van der Waals surface area contributed by atoms with Crippen molar-refractivity contribution >= 4 is 51.6 Å². The summed E-state index contributed by atoms with van der Waals surface area (Å²) in [6.45, 7) is 10.2. The van der Waals surface area contributed by atoms with Crippen LogP contribution in [0.3, 0.4) is 0 Å². The van der Waals surface area contributed by atoms with E-state index < -0.39 is 0 Å². The second kappa shape index (κ2) is 12.8. The average Bonchev–Trinajstić information content (AvgIpc) is 2.96. The second-order valence-corrected chi connectivity index (χ2v) is 12.7. The second-order valence-electron chi connectivity index (χ2n) is 10.3. The fourth-order valence-corrected chi connectivity index (χ4v) is 6.56. The predicted octanol–water partition coefficient (Wildman–Crippen LogP) is 7.08. The largest absolute Gasteiger partial charge is 0.462 e. The number of nitrogens with one attached hydrogen (secondary N) is 2. The monoisotopic (exact) mass is 530 g/mol. The normalized spacial score (nSPS) is 14.4. The third-order valence-electron chi connectivity index (χ3n) is 5.89. The smallest absolute Gasteiger partial charge is 0.341 e. The topological polar surface area (TPSA) is 84.5 Å². The number of carbonyl (C=O) groups excluding carboxylic acids is 3. The number of thioether (sulfide) groups is 1. The first kappa shape index (κ1) is 28.3. The van der Waals surface area contributed by atoms with Crippen LogP contribution in [0.4, 0.5) is 10.7 Å². The Kier molecular flexibility index (Phi) is 10.0. The van der Waals surface area contributed by atoms with Gasteiger partial charge >= 0.3 is 5.97 Å². The molecule has 2 aromatic rings. The van der Waals surface area contributed by atoms with Gasteiger partial charge in [0.1, 0.15) is 5.00 Å². The van der Waals surface area contributed by atoms with E-state index in [0.717, 1.165) is 48.3 Å². The van der Waals surface area contributed by atoms with E-state index in [1.807, 2.05) is 52.0 Å². The Morgan fingerprint density at radius 1 is 1.08 bits per heavy atom. The molecule has 0 fully saturated rings. The molecule has 0 saturated heterocycles. The SMILES string of the molecule is CCOC(=O)c1c(NC(=O)C(CC)Sc2cccc(NC(=O)CC(C)(C)C)c2)sc2c1CCCCC2. The minimum absolute atomic E-state index is 0.0293. The molecule has 6 nitrogen and oxygen atoms in total. The minimum atomic E-state index is -0.355. The fraction of sp³-hybridized carbons (Fsp3) is 0.536. The molecule has 0 bridgehead atoms. The van der Waals surface area contributed by atoms with Crippen LogP contribution in [0.2, 0.25) is 0 Å². The molecule has 0 saturated carbocycles. The molecule has 1 unspecified atom stereocenters. The zero-order valence-electron chi connectivity index (χ0n) is 22.0. The highest BCUT2D eigenvalue weighted by Gasteiger charge is 2.28. The molecule has 8 heteroatoms. The average molecular weight is 531 g/mol. The Balaban J connectivity index is 1.74. The summed E-state index contributed by atoms with van der Waals surface area (Å²) in [4.78, 5) is 40.6. The molecule has 0 spiro atoms. The summed E-state index contributed by atoms with van der Waals surface area (Å²) in [5, 5.41) is 6.28. The molecular weight excluding hydrogens is 492 g/mol. The summed E-state index contributed by atoms with van der Waals surface area (Å²) in [5.41, 5.74) is 2.21. The molecule has 2 N–H and O–H groups in total. The highest BCUT2D eigenvalue weighted by molar-refractivity contribution is 8.00. The molecule has 0 radical (unpaired) electrons. The minimum Gasteiger partial charge on any atom is -0.462 e. The van der Waals surface area contributed by atoms with Crippen molar-refractivity contribution in [1.82, 2.24) is 0 Å². The maximum absolute atomic E-state index is 13.3. The van der Waals surface area contributed by atoms with Gasteiger partial charge in [-0.1, -0.05) is 40.2 Å². The van der Waals surface area contributed by atoms with Gasteiger partial charge in [0, 0.05) is 21.9 Å². The van der Waals surface area contributed by atoms with Crippen molar-refractivity contribution in [1.29, 1.82) is 0 Å². The molecule has 36 heavy (non-hydrogen) atoms. The molecule has 1 aliphatic rings. The van der Waals surface area contributed by atoms with Crippen LogP contribution in [0.5, 0.6) is 0 Å². The van der Waals surface area contributed by atoms with E-state index in [2.05, 4.69) is 10.6 Å². The van der Waals surface area contributed by atoms with Crippen LogP contribution >= 0.6 is 23.1 Å². The van der Waals surface area contributed by atoms with Crippen LogP contribution in [-0.2, 0) is 27.2 Å². The van der Waals surface area contributed by atoms with Crippen molar-refractivity contribution in [2.45, 2.75) is 89.7 Å². The van der Waals surface area contributed by atoms with Gasteiger partial charge in [0.25, 0.3) is 0 Å². The number of rotatable bonds is 9. The van der Waals surface area contributed by atoms with Crippen LogP contribution in [0.15, 0.2) is 29.2 Å². The Morgan fingerprint density at radius 3 is 2.53 bits per heavy atom. The number of esters is 1. The van der Waals surface area contributed by atoms with Gasteiger partial charge in [-0.15, -0.1) is 23.1 Å². The van der Waals surface area contributed by atoms with Crippen molar-refractivity contribution in [2.75, 3.05) is 17.2 Å². The third kappa shape index (κ3) is 7.84. The summed E-state index contributed by atoms with van der Waals surface area (Å²) >= 11 is 2.97. The van der Waals surface area contributed by atoms with Crippen LogP contribution in [-0.4, -0.2) is 29.6 Å². The molecule has 2 amide bonds. The fourth-order valence-electron chi connectivity index (χ4n) is 4.26. The number of benzene rings is 1. The van der Waals surface area contributed by atoms with E-state index in [4.69, 9.17) is 4.74 Å². The highest BCUT2D eigenvalue weighted by Crippen LogP contribution is 2.39. The van der Waals surface area contributed by atoms with Crippen molar-refractivity contribution in [3.05, 3.63) is 40.3 Å². The van der Waals surface area contributed by atoms with E-state index in [1.54, 1.807) is 6.92 Å². The number of fused-ring (bicyclic) bond motifs is 1. The third-order valence-corrected chi connectivity index (χ3v) is 8.45. The van der Waals surface area contributed by atoms with Gasteiger partial charge < -0.3 is 15.4 Å². The number of hydrogen-bond acceptors (Lipinski definition) is 6. The van der Waals surface area contributed by atoms with E-state index in [1.165, 1.54) is 28.0 Å². The van der Waals surface area contributed by atoms with Gasteiger partial charge in [-0.2, -0.15) is 0 Å². The van der Waals surface area contributed by atoms with Gasteiger partial charge in [0.2, 0.25) is 11.8 Å². The number of carbonyl (C=O) groups is 3. The van der Waals surface area contributed by atoms with Crippen LogP contribution in [0, 0.1) is 5.41 Å². The zero-order valence-corrected chi connectivity index (χ0v) is 23.6. The van der Waals surface area contributed by atoms with Crippen LogP contribution in [0.25, 0.3) is 0 Å². The Hall–Kier alpha value is -2.32. The first-order chi connectivity index (χ1) is 17.1. The van der Waals surface area contributed by atoms with Gasteiger partial charge in [-0.05, 0) is 68.2 Å². The van der Waals surface area contributed by atoms with Crippen LogP contribution < -0.4 is 10.6 Å². The van der Waals surface area contributed by atoms with Crippen molar-refractivity contribution in [2.24, 2.45) is 5.41 Å². The molecule has 0 aliphatic heterocycles. The Bertz CT molecular complexity index is 1090. The molecule has 1 aromatic heterocycles. The summed E-state index contributed by atoms with van der Waals surface area (Å²) in [5.74, 6) is -0.517. The van der Waals surface area contributed by atoms with Gasteiger partial charge in [0.05, 0.1) is 17.4 Å². The van der Waals surface area contributed by atoms with E-state index in [9.17, 15) is 14.4 Å². The maximum atomic E-state index is 13.3. The molecule has 1 aliphatic carbocycles.